The fraction of sp³-hybridized carbons (Fsp3) is 0.500. The lowest BCUT2D eigenvalue weighted by molar-refractivity contribution is -0.254. The number of esters is 5. The van der Waals surface area contributed by atoms with Gasteiger partial charge in [0, 0.05) is 33.4 Å². The molecule has 0 aliphatic carbocycles. The lowest BCUT2D eigenvalue weighted by atomic mass is 9.97. The number of rotatable bonds is 9. The maximum absolute atomic E-state index is 11.9. The number of nitrogens with one attached hydrogen (secondary N) is 2. The summed E-state index contributed by atoms with van der Waals surface area (Å²) in [5.41, 5.74) is 0.844. The van der Waals surface area contributed by atoms with Gasteiger partial charge in [0.1, 0.15) is 12.7 Å². The maximum Gasteiger partial charge on any atom is 0.338 e. The Kier molecular flexibility index (Phi) is 11.4. The van der Waals surface area contributed by atoms with Crippen LogP contribution in [0, 0.1) is 0 Å². The van der Waals surface area contributed by atoms with Crippen molar-refractivity contribution in [3.8, 4) is 0 Å². The maximum atomic E-state index is 11.9. The van der Waals surface area contributed by atoms with Crippen molar-refractivity contribution in [1.29, 1.82) is 0 Å². The first kappa shape index (κ1) is 30.4. The SMILES string of the molecule is CCOC(=O)c1ccc(NC(=S)N[C@@H]2O[C@H](COC(C)=O)[C@H](OC(C)=O)[C@@H](OC(C)=O)[C@H]2OC(C)=O)cc1. The van der Waals surface area contributed by atoms with Crippen molar-refractivity contribution in [3.63, 3.8) is 0 Å². The van der Waals surface area contributed by atoms with Gasteiger partial charge in [0.05, 0.1) is 12.2 Å². The molecule has 1 fully saturated rings. The number of ether oxygens (including phenoxy) is 6. The van der Waals surface area contributed by atoms with Gasteiger partial charge in [0.2, 0.25) is 0 Å². The number of thiocarbonyl (C=S) groups is 1. The number of carbonyl (C=O) groups is 5. The molecule has 0 aromatic heterocycles. The van der Waals surface area contributed by atoms with E-state index in [0.717, 1.165) is 20.8 Å². The van der Waals surface area contributed by atoms with Crippen LogP contribution in [0.25, 0.3) is 0 Å². The van der Waals surface area contributed by atoms with E-state index in [1.54, 1.807) is 19.1 Å². The molecule has 208 valence electrons. The molecule has 0 radical (unpaired) electrons. The predicted octanol–water partition coefficient (Wildman–Crippen LogP) is 1.23. The number of hydrogen-bond acceptors (Lipinski definition) is 12. The number of carbonyl (C=O) groups excluding carboxylic acids is 5. The minimum atomic E-state index is -1.33. The molecule has 2 N–H and O–H groups in total. The zero-order valence-corrected chi connectivity index (χ0v) is 22.3. The van der Waals surface area contributed by atoms with Crippen LogP contribution in [0.2, 0.25) is 0 Å². The summed E-state index contributed by atoms with van der Waals surface area (Å²) < 4.78 is 32.0. The van der Waals surface area contributed by atoms with Gasteiger partial charge in [-0.1, -0.05) is 0 Å². The van der Waals surface area contributed by atoms with E-state index in [0.29, 0.717) is 11.3 Å². The van der Waals surface area contributed by atoms with Crippen LogP contribution in [0.1, 0.15) is 45.0 Å². The Balaban J connectivity index is 2.30. The zero-order chi connectivity index (χ0) is 28.4. The van der Waals surface area contributed by atoms with Gasteiger partial charge in [-0.05, 0) is 43.4 Å². The number of hydrogen-bond donors (Lipinski definition) is 2. The summed E-state index contributed by atoms with van der Waals surface area (Å²) >= 11 is 5.37. The van der Waals surface area contributed by atoms with E-state index in [9.17, 15) is 24.0 Å². The predicted molar refractivity (Wildman–Crippen MR) is 134 cm³/mol. The lowest BCUT2D eigenvalue weighted by Gasteiger charge is -2.44. The highest BCUT2D eigenvalue weighted by Crippen LogP contribution is 2.28. The standard InChI is InChI=1S/C24H30N2O11S/c1-6-32-23(31)16-7-9-17(10-8-16)25-24(38)26-22-21(36-15(5)30)20(35-14(4)29)19(34-13(3)28)18(37-22)11-33-12(2)27/h7-10,18-22H,6,11H2,1-5H3,(H2,25,26,38)/t18-,19+,20-,21-,22-/m1/s1. The molecule has 5 atom stereocenters. The summed E-state index contributed by atoms with van der Waals surface area (Å²) in [6, 6.07) is 6.26. The van der Waals surface area contributed by atoms with Crippen LogP contribution in [0.3, 0.4) is 0 Å². The average molecular weight is 555 g/mol. The molecule has 1 aliphatic heterocycles. The third-order valence-electron chi connectivity index (χ3n) is 4.92. The van der Waals surface area contributed by atoms with Crippen LogP contribution in [0.4, 0.5) is 5.69 Å². The molecule has 0 bridgehead atoms. The second-order valence-electron chi connectivity index (χ2n) is 8.02. The Morgan fingerprint density at radius 2 is 1.37 bits per heavy atom. The first-order valence-electron chi connectivity index (χ1n) is 11.6. The van der Waals surface area contributed by atoms with Crippen LogP contribution in [0.15, 0.2) is 24.3 Å². The topological polar surface area (TPSA) is 165 Å². The highest BCUT2D eigenvalue weighted by atomic mass is 32.1. The molecule has 0 spiro atoms. The largest absolute Gasteiger partial charge is 0.463 e. The molecule has 0 unspecified atom stereocenters. The number of benzene rings is 1. The highest BCUT2D eigenvalue weighted by molar-refractivity contribution is 7.80. The minimum Gasteiger partial charge on any atom is -0.463 e. The molecule has 2 rings (SSSR count). The Morgan fingerprint density at radius 3 is 1.89 bits per heavy atom. The van der Waals surface area contributed by atoms with E-state index in [1.807, 2.05) is 0 Å². The van der Waals surface area contributed by atoms with Crippen LogP contribution in [0.5, 0.6) is 0 Å². The quantitative estimate of drug-likeness (QED) is 0.254. The fourth-order valence-electron chi connectivity index (χ4n) is 3.55. The van der Waals surface area contributed by atoms with E-state index >= 15 is 0 Å². The molecule has 1 aliphatic rings. The molecule has 38 heavy (non-hydrogen) atoms. The summed E-state index contributed by atoms with van der Waals surface area (Å²) in [6.45, 7) is 6.14. The normalized spacial score (nSPS) is 22.3. The van der Waals surface area contributed by atoms with Gasteiger partial charge in [-0.3, -0.25) is 19.2 Å². The summed E-state index contributed by atoms with van der Waals surface area (Å²) in [6.07, 6.45) is -6.29. The molecule has 1 aromatic carbocycles. The van der Waals surface area contributed by atoms with Crippen molar-refractivity contribution in [2.24, 2.45) is 0 Å². The van der Waals surface area contributed by atoms with Crippen molar-refractivity contribution in [1.82, 2.24) is 5.32 Å². The second-order valence-corrected chi connectivity index (χ2v) is 8.42. The van der Waals surface area contributed by atoms with Gasteiger partial charge < -0.3 is 39.1 Å². The van der Waals surface area contributed by atoms with Crippen molar-refractivity contribution >= 4 is 52.9 Å². The zero-order valence-electron chi connectivity index (χ0n) is 21.5. The number of anilines is 1. The molecule has 0 amide bonds. The van der Waals surface area contributed by atoms with Crippen LogP contribution in [-0.4, -0.2) is 78.8 Å². The minimum absolute atomic E-state index is 0.00906. The van der Waals surface area contributed by atoms with Crippen molar-refractivity contribution in [2.45, 2.75) is 65.3 Å². The molecule has 1 heterocycles. The van der Waals surface area contributed by atoms with E-state index in [2.05, 4.69) is 10.6 Å². The third kappa shape index (κ3) is 9.27. The van der Waals surface area contributed by atoms with E-state index in [-0.39, 0.29) is 18.3 Å². The molecular formula is C24H30N2O11S. The molecule has 0 saturated carbocycles. The Bertz CT molecular complexity index is 1050. The van der Waals surface area contributed by atoms with Gasteiger partial charge in [-0.2, -0.15) is 0 Å². The summed E-state index contributed by atoms with van der Waals surface area (Å²) in [5.74, 6) is -3.33. The van der Waals surface area contributed by atoms with E-state index < -0.39 is 60.5 Å². The lowest BCUT2D eigenvalue weighted by Crippen LogP contribution is -2.66. The smallest absolute Gasteiger partial charge is 0.338 e. The van der Waals surface area contributed by atoms with Crippen LogP contribution < -0.4 is 10.6 Å². The average Bonchev–Trinajstić information content (AvgIpc) is 2.81. The van der Waals surface area contributed by atoms with E-state index in [4.69, 9.17) is 40.6 Å². The summed E-state index contributed by atoms with van der Waals surface area (Å²) in [5, 5.41) is 5.74. The molecule has 1 aromatic rings. The third-order valence-corrected chi connectivity index (χ3v) is 5.14. The first-order chi connectivity index (χ1) is 17.9. The monoisotopic (exact) mass is 554 g/mol. The van der Waals surface area contributed by atoms with Gasteiger partial charge in [0.25, 0.3) is 0 Å². The van der Waals surface area contributed by atoms with Gasteiger partial charge in [-0.25, -0.2) is 4.79 Å². The Morgan fingerprint density at radius 1 is 0.816 bits per heavy atom. The van der Waals surface area contributed by atoms with Crippen molar-refractivity contribution < 1.29 is 52.4 Å². The molecule has 1 saturated heterocycles. The van der Waals surface area contributed by atoms with E-state index in [1.165, 1.54) is 19.1 Å². The fourth-order valence-corrected chi connectivity index (χ4v) is 3.78. The Hall–Kier alpha value is -3.78. The van der Waals surface area contributed by atoms with Crippen LogP contribution in [-0.2, 0) is 47.6 Å². The molecule has 14 heteroatoms. The summed E-state index contributed by atoms with van der Waals surface area (Å²) in [4.78, 5) is 58.9. The van der Waals surface area contributed by atoms with Gasteiger partial charge in [-0.15, -0.1) is 0 Å². The Labute approximate surface area is 224 Å². The highest BCUT2D eigenvalue weighted by Gasteiger charge is 2.52. The van der Waals surface area contributed by atoms with Gasteiger partial charge >= 0.3 is 29.8 Å². The van der Waals surface area contributed by atoms with Crippen molar-refractivity contribution in [2.75, 3.05) is 18.5 Å². The summed E-state index contributed by atoms with van der Waals surface area (Å²) in [7, 11) is 0. The van der Waals surface area contributed by atoms with Crippen molar-refractivity contribution in [3.05, 3.63) is 29.8 Å². The van der Waals surface area contributed by atoms with Gasteiger partial charge in [0.15, 0.2) is 29.7 Å². The second kappa shape index (κ2) is 14.2. The molecule has 13 nitrogen and oxygen atoms in total. The molecular weight excluding hydrogens is 524 g/mol. The van der Waals surface area contributed by atoms with Crippen LogP contribution >= 0.6 is 12.2 Å². The first-order valence-corrected chi connectivity index (χ1v) is 12.0.